The number of esters is 1. The lowest BCUT2D eigenvalue weighted by molar-refractivity contribution is -0.164. The minimum Gasteiger partial charge on any atom is -0.464 e. The van der Waals surface area contributed by atoms with E-state index in [2.05, 4.69) is 4.74 Å². The van der Waals surface area contributed by atoms with E-state index in [1.54, 1.807) is 6.92 Å². The summed E-state index contributed by atoms with van der Waals surface area (Å²) in [6.07, 6.45) is 0. The molecule has 1 atom stereocenters. The number of aliphatic hydroxyl groups is 1. The van der Waals surface area contributed by atoms with Crippen LogP contribution in [0.25, 0.3) is 0 Å². The van der Waals surface area contributed by atoms with Gasteiger partial charge in [-0.1, -0.05) is 0 Å². The van der Waals surface area contributed by atoms with Gasteiger partial charge in [-0.15, -0.1) is 0 Å². The summed E-state index contributed by atoms with van der Waals surface area (Å²) in [6, 6.07) is 2.52. The molecule has 5 heteroatoms. The zero-order chi connectivity index (χ0) is 12.3. The molecule has 0 saturated heterocycles. The van der Waals surface area contributed by atoms with Crippen LogP contribution in [0, 0.1) is 11.6 Å². The minimum absolute atomic E-state index is 0.0475. The highest BCUT2D eigenvalue weighted by atomic mass is 19.1. The number of hydrogen-bond acceptors (Lipinski definition) is 3. The molecule has 0 aliphatic rings. The molecule has 3 nitrogen and oxygen atoms in total. The number of ether oxygens (including phenoxy) is 1. The van der Waals surface area contributed by atoms with Crippen LogP contribution in [-0.4, -0.2) is 17.7 Å². The van der Waals surface area contributed by atoms with Crippen LogP contribution in [0.1, 0.15) is 19.4 Å². The van der Waals surface area contributed by atoms with Crippen LogP contribution in [0.5, 0.6) is 0 Å². The van der Waals surface area contributed by atoms with E-state index in [9.17, 15) is 18.7 Å². The number of carbonyl (C=O) groups excluding carboxylic acids is 1. The first-order valence-corrected chi connectivity index (χ1v) is 4.74. The normalized spacial score (nSPS) is 14.3. The molecule has 1 rings (SSSR count). The number of halogens is 2. The Morgan fingerprint density at radius 2 is 2.12 bits per heavy atom. The molecule has 0 aliphatic heterocycles. The number of rotatable bonds is 3. The Morgan fingerprint density at radius 3 is 2.69 bits per heavy atom. The summed E-state index contributed by atoms with van der Waals surface area (Å²) < 4.78 is 30.8. The number of hydrogen-bond donors (Lipinski definition) is 1. The van der Waals surface area contributed by atoms with Gasteiger partial charge in [0.15, 0.2) is 5.60 Å². The van der Waals surface area contributed by atoms with Crippen molar-refractivity contribution in [2.24, 2.45) is 0 Å². The average molecular weight is 230 g/mol. The van der Waals surface area contributed by atoms with Gasteiger partial charge in [0, 0.05) is 5.56 Å². The lowest BCUT2D eigenvalue weighted by Gasteiger charge is -2.21. The standard InChI is InChI=1S/C11H12F2O3/c1-3-16-10(14)11(2,15)8-6-7(12)4-5-9(8)13/h4-6,15H,3H2,1-2H3. The van der Waals surface area contributed by atoms with E-state index in [1.807, 2.05) is 0 Å². The zero-order valence-electron chi connectivity index (χ0n) is 8.96. The summed E-state index contributed by atoms with van der Waals surface area (Å²) in [5, 5.41) is 9.81. The second-order valence-corrected chi connectivity index (χ2v) is 3.42. The molecule has 16 heavy (non-hydrogen) atoms. The molecule has 0 heterocycles. The molecule has 1 N–H and O–H groups in total. The molecule has 0 aromatic heterocycles. The first-order chi connectivity index (χ1) is 7.39. The molecular weight excluding hydrogens is 218 g/mol. The van der Waals surface area contributed by atoms with Crippen molar-refractivity contribution in [2.75, 3.05) is 6.61 Å². The maximum Gasteiger partial charge on any atom is 0.342 e. The van der Waals surface area contributed by atoms with Gasteiger partial charge in [0.1, 0.15) is 11.6 Å². The Kier molecular flexibility index (Phi) is 3.59. The van der Waals surface area contributed by atoms with E-state index in [0.717, 1.165) is 25.1 Å². The lowest BCUT2D eigenvalue weighted by Crippen LogP contribution is -2.35. The first-order valence-electron chi connectivity index (χ1n) is 4.74. The van der Waals surface area contributed by atoms with Crippen LogP contribution in [0.15, 0.2) is 18.2 Å². The summed E-state index contributed by atoms with van der Waals surface area (Å²) in [4.78, 5) is 11.4. The Hall–Kier alpha value is -1.49. The Bertz CT molecular complexity index is 402. The lowest BCUT2D eigenvalue weighted by atomic mass is 9.95. The second-order valence-electron chi connectivity index (χ2n) is 3.42. The molecule has 1 aromatic rings. The molecule has 1 aromatic carbocycles. The van der Waals surface area contributed by atoms with Gasteiger partial charge >= 0.3 is 5.97 Å². The van der Waals surface area contributed by atoms with E-state index in [1.165, 1.54) is 0 Å². The molecule has 0 fully saturated rings. The number of benzene rings is 1. The summed E-state index contributed by atoms with van der Waals surface area (Å²) in [6.45, 7) is 2.66. The topological polar surface area (TPSA) is 46.5 Å². The van der Waals surface area contributed by atoms with Gasteiger partial charge in [-0.05, 0) is 32.0 Å². The van der Waals surface area contributed by atoms with Crippen LogP contribution in [0.2, 0.25) is 0 Å². The van der Waals surface area contributed by atoms with Gasteiger partial charge in [0.05, 0.1) is 6.61 Å². The monoisotopic (exact) mass is 230 g/mol. The van der Waals surface area contributed by atoms with Crippen molar-refractivity contribution < 1.29 is 23.4 Å². The maximum absolute atomic E-state index is 13.3. The predicted octanol–water partition coefficient (Wildman–Crippen LogP) is 1.74. The molecule has 1 unspecified atom stereocenters. The molecule has 0 radical (unpaired) electrons. The minimum atomic E-state index is -2.19. The summed E-state index contributed by atoms with van der Waals surface area (Å²) in [5.41, 5.74) is -2.63. The number of carbonyl (C=O) groups is 1. The van der Waals surface area contributed by atoms with Crippen LogP contribution in [0.4, 0.5) is 8.78 Å². The van der Waals surface area contributed by atoms with E-state index in [0.29, 0.717) is 0 Å². The van der Waals surface area contributed by atoms with Crippen molar-refractivity contribution in [3.05, 3.63) is 35.4 Å². The summed E-state index contributed by atoms with van der Waals surface area (Å²) in [7, 11) is 0. The predicted molar refractivity (Wildman–Crippen MR) is 52.6 cm³/mol. The fourth-order valence-corrected chi connectivity index (χ4v) is 1.25. The highest BCUT2D eigenvalue weighted by Crippen LogP contribution is 2.25. The fourth-order valence-electron chi connectivity index (χ4n) is 1.25. The van der Waals surface area contributed by atoms with Gasteiger partial charge in [-0.3, -0.25) is 0 Å². The van der Waals surface area contributed by atoms with Crippen molar-refractivity contribution in [2.45, 2.75) is 19.4 Å². The quantitative estimate of drug-likeness (QED) is 0.804. The van der Waals surface area contributed by atoms with Crippen molar-refractivity contribution in [1.82, 2.24) is 0 Å². The Morgan fingerprint density at radius 1 is 1.50 bits per heavy atom. The van der Waals surface area contributed by atoms with Crippen molar-refractivity contribution in [3.8, 4) is 0 Å². The van der Waals surface area contributed by atoms with E-state index in [4.69, 9.17) is 0 Å². The Balaban J connectivity index is 3.15. The molecule has 88 valence electrons. The van der Waals surface area contributed by atoms with E-state index >= 15 is 0 Å². The molecule has 0 saturated carbocycles. The molecule has 0 aliphatic carbocycles. The molecular formula is C11H12F2O3. The highest BCUT2D eigenvalue weighted by molar-refractivity contribution is 5.80. The summed E-state index contributed by atoms with van der Waals surface area (Å²) >= 11 is 0. The van der Waals surface area contributed by atoms with Gasteiger partial charge in [0.2, 0.25) is 0 Å². The highest BCUT2D eigenvalue weighted by Gasteiger charge is 2.36. The van der Waals surface area contributed by atoms with Crippen molar-refractivity contribution >= 4 is 5.97 Å². The van der Waals surface area contributed by atoms with Crippen molar-refractivity contribution in [1.29, 1.82) is 0 Å². The molecule has 0 amide bonds. The second kappa shape index (κ2) is 4.57. The third kappa shape index (κ3) is 2.36. The van der Waals surface area contributed by atoms with Gasteiger partial charge < -0.3 is 9.84 Å². The van der Waals surface area contributed by atoms with Gasteiger partial charge in [0.25, 0.3) is 0 Å². The van der Waals surface area contributed by atoms with Crippen LogP contribution < -0.4 is 0 Å². The Labute approximate surface area is 91.7 Å². The van der Waals surface area contributed by atoms with Crippen LogP contribution >= 0.6 is 0 Å². The SMILES string of the molecule is CCOC(=O)C(C)(O)c1cc(F)ccc1F. The van der Waals surface area contributed by atoms with Crippen LogP contribution in [0.3, 0.4) is 0 Å². The zero-order valence-corrected chi connectivity index (χ0v) is 8.96. The van der Waals surface area contributed by atoms with Gasteiger partial charge in [-0.25, -0.2) is 13.6 Å². The first kappa shape index (κ1) is 12.6. The maximum atomic E-state index is 13.3. The van der Waals surface area contributed by atoms with E-state index < -0.39 is 28.8 Å². The average Bonchev–Trinajstić information content (AvgIpc) is 2.22. The fraction of sp³-hybridized carbons (Fsp3) is 0.364. The summed E-state index contributed by atoms with van der Waals surface area (Å²) in [5.74, 6) is -2.61. The van der Waals surface area contributed by atoms with Crippen molar-refractivity contribution in [3.63, 3.8) is 0 Å². The van der Waals surface area contributed by atoms with Gasteiger partial charge in [-0.2, -0.15) is 0 Å². The molecule has 0 spiro atoms. The third-order valence-electron chi connectivity index (χ3n) is 2.13. The molecule has 0 bridgehead atoms. The smallest absolute Gasteiger partial charge is 0.342 e. The largest absolute Gasteiger partial charge is 0.464 e. The third-order valence-corrected chi connectivity index (χ3v) is 2.13. The van der Waals surface area contributed by atoms with E-state index in [-0.39, 0.29) is 6.61 Å². The van der Waals surface area contributed by atoms with Crippen LogP contribution in [-0.2, 0) is 15.1 Å².